The van der Waals surface area contributed by atoms with Gasteiger partial charge in [-0.2, -0.15) is 13.5 Å². The lowest BCUT2D eigenvalue weighted by atomic mass is 10.3. The number of nitrogens with zero attached hydrogens (tertiary/aromatic N) is 4. The standard InChI is InChI=1S/C16H21N5O2S/c1-20-16(10-13(18-20)12-4-5-12)24(22,23)19-14-11-17-7-6-15(14)21-8-2-3-9-21/h6-7,10-12,19H,2-5,8-9H2,1H3. The minimum Gasteiger partial charge on any atom is -0.370 e. The molecule has 128 valence electrons. The van der Waals surface area contributed by atoms with E-state index in [0.29, 0.717) is 11.6 Å². The molecular weight excluding hydrogens is 326 g/mol. The Kier molecular flexibility index (Phi) is 3.71. The highest BCUT2D eigenvalue weighted by atomic mass is 32.2. The van der Waals surface area contributed by atoms with Crippen molar-refractivity contribution in [2.24, 2.45) is 7.05 Å². The van der Waals surface area contributed by atoms with Gasteiger partial charge < -0.3 is 4.90 Å². The molecule has 1 aliphatic heterocycles. The molecular formula is C16H21N5O2S. The zero-order valence-corrected chi connectivity index (χ0v) is 14.5. The number of hydrogen-bond acceptors (Lipinski definition) is 5. The third-order valence-electron chi connectivity index (χ3n) is 4.62. The van der Waals surface area contributed by atoms with E-state index in [0.717, 1.165) is 50.2 Å². The SMILES string of the molecule is Cn1nc(C2CC2)cc1S(=O)(=O)Nc1cnccc1N1CCCC1. The highest BCUT2D eigenvalue weighted by molar-refractivity contribution is 7.92. The maximum atomic E-state index is 12.8. The van der Waals surface area contributed by atoms with Gasteiger partial charge in [0.05, 0.1) is 23.3 Å². The molecule has 1 N–H and O–H groups in total. The molecule has 2 fully saturated rings. The molecule has 3 heterocycles. The number of anilines is 2. The van der Waals surface area contributed by atoms with Crippen molar-refractivity contribution in [1.82, 2.24) is 14.8 Å². The predicted octanol–water partition coefficient (Wildman–Crippen LogP) is 2.09. The van der Waals surface area contributed by atoms with Crippen molar-refractivity contribution in [2.75, 3.05) is 22.7 Å². The summed E-state index contributed by atoms with van der Waals surface area (Å²) >= 11 is 0. The molecule has 0 amide bonds. The van der Waals surface area contributed by atoms with Crippen molar-refractivity contribution < 1.29 is 8.42 Å². The first kappa shape index (κ1) is 15.4. The maximum absolute atomic E-state index is 12.8. The molecule has 0 atom stereocenters. The average molecular weight is 347 g/mol. The van der Waals surface area contributed by atoms with Crippen LogP contribution in [0.25, 0.3) is 0 Å². The molecule has 2 aromatic heterocycles. The number of nitrogens with one attached hydrogen (secondary N) is 1. The predicted molar refractivity (Wildman–Crippen MR) is 91.7 cm³/mol. The van der Waals surface area contributed by atoms with Gasteiger partial charge in [-0.05, 0) is 31.7 Å². The average Bonchev–Trinajstić information content (AvgIpc) is 3.10. The van der Waals surface area contributed by atoms with Crippen LogP contribution >= 0.6 is 0 Å². The lowest BCUT2D eigenvalue weighted by Crippen LogP contribution is -2.22. The summed E-state index contributed by atoms with van der Waals surface area (Å²) in [5.74, 6) is 0.415. The van der Waals surface area contributed by atoms with Gasteiger partial charge in [0.1, 0.15) is 0 Å². The summed E-state index contributed by atoms with van der Waals surface area (Å²) in [5.41, 5.74) is 2.27. The zero-order valence-electron chi connectivity index (χ0n) is 13.6. The van der Waals surface area contributed by atoms with Crippen LogP contribution in [0.15, 0.2) is 29.6 Å². The van der Waals surface area contributed by atoms with Gasteiger partial charge in [-0.3, -0.25) is 14.4 Å². The van der Waals surface area contributed by atoms with Crippen LogP contribution in [-0.2, 0) is 17.1 Å². The molecule has 0 spiro atoms. The molecule has 8 heteroatoms. The number of aromatic nitrogens is 3. The van der Waals surface area contributed by atoms with E-state index < -0.39 is 10.0 Å². The van der Waals surface area contributed by atoms with E-state index in [1.807, 2.05) is 6.07 Å². The molecule has 4 rings (SSSR count). The summed E-state index contributed by atoms with van der Waals surface area (Å²) in [6, 6.07) is 3.55. The van der Waals surface area contributed by atoms with Crippen molar-refractivity contribution >= 4 is 21.4 Å². The lowest BCUT2D eigenvalue weighted by Gasteiger charge is -2.21. The van der Waals surface area contributed by atoms with E-state index in [-0.39, 0.29) is 5.03 Å². The molecule has 0 unspecified atom stereocenters. The Labute approximate surface area is 141 Å². The Morgan fingerprint density at radius 1 is 1.25 bits per heavy atom. The highest BCUT2D eigenvalue weighted by Crippen LogP contribution is 2.40. The van der Waals surface area contributed by atoms with Gasteiger partial charge in [-0.25, -0.2) is 0 Å². The second kappa shape index (κ2) is 5.77. The number of aryl methyl sites for hydroxylation is 1. The summed E-state index contributed by atoms with van der Waals surface area (Å²) in [4.78, 5) is 6.28. The van der Waals surface area contributed by atoms with Crippen LogP contribution in [0.5, 0.6) is 0 Å². The van der Waals surface area contributed by atoms with E-state index in [9.17, 15) is 8.42 Å². The van der Waals surface area contributed by atoms with Crippen LogP contribution in [0.4, 0.5) is 11.4 Å². The fraction of sp³-hybridized carbons (Fsp3) is 0.500. The molecule has 7 nitrogen and oxygen atoms in total. The quantitative estimate of drug-likeness (QED) is 0.896. The topological polar surface area (TPSA) is 80.1 Å². The summed E-state index contributed by atoms with van der Waals surface area (Å²) < 4.78 is 29.8. The Bertz CT molecular complexity index is 851. The van der Waals surface area contributed by atoms with Crippen molar-refractivity contribution in [1.29, 1.82) is 0 Å². The molecule has 1 saturated carbocycles. The largest absolute Gasteiger partial charge is 0.370 e. The van der Waals surface area contributed by atoms with Crippen LogP contribution in [0.1, 0.15) is 37.3 Å². The molecule has 0 bridgehead atoms. The smallest absolute Gasteiger partial charge is 0.279 e. The summed E-state index contributed by atoms with van der Waals surface area (Å²) in [6.45, 7) is 1.88. The van der Waals surface area contributed by atoms with Crippen LogP contribution in [0.3, 0.4) is 0 Å². The normalized spacial score (nSPS) is 18.1. The summed E-state index contributed by atoms with van der Waals surface area (Å²) in [7, 11) is -2.03. The zero-order chi connectivity index (χ0) is 16.7. The van der Waals surface area contributed by atoms with Crippen molar-refractivity contribution in [2.45, 2.75) is 36.6 Å². The third kappa shape index (κ3) is 2.86. The van der Waals surface area contributed by atoms with E-state index in [4.69, 9.17) is 0 Å². The molecule has 24 heavy (non-hydrogen) atoms. The van der Waals surface area contributed by atoms with Crippen LogP contribution < -0.4 is 9.62 Å². The van der Waals surface area contributed by atoms with Gasteiger partial charge in [-0.1, -0.05) is 0 Å². The van der Waals surface area contributed by atoms with Crippen molar-refractivity contribution in [3.8, 4) is 0 Å². The van der Waals surface area contributed by atoms with Crippen molar-refractivity contribution in [3.63, 3.8) is 0 Å². The Balaban J connectivity index is 1.64. The van der Waals surface area contributed by atoms with Crippen LogP contribution in [0, 0.1) is 0 Å². The minimum absolute atomic E-state index is 0.195. The van der Waals surface area contributed by atoms with Gasteiger partial charge in [0.2, 0.25) is 0 Å². The first-order chi connectivity index (χ1) is 11.5. The molecule has 2 aromatic rings. The van der Waals surface area contributed by atoms with E-state index in [1.54, 1.807) is 25.5 Å². The fourth-order valence-corrected chi connectivity index (χ4v) is 4.41. The molecule has 1 aliphatic carbocycles. The van der Waals surface area contributed by atoms with E-state index in [2.05, 4.69) is 19.7 Å². The number of rotatable bonds is 5. The van der Waals surface area contributed by atoms with Crippen LogP contribution in [-0.4, -0.2) is 36.3 Å². The number of sulfonamides is 1. The van der Waals surface area contributed by atoms with E-state index >= 15 is 0 Å². The van der Waals surface area contributed by atoms with Gasteiger partial charge in [0.15, 0.2) is 5.03 Å². The van der Waals surface area contributed by atoms with Crippen molar-refractivity contribution in [3.05, 3.63) is 30.2 Å². The highest BCUT2D eigenvalue weighted by Gasteiger charge is 2.30. The Hall–Kier alpha value is -2.09. The first-order valence-corrected chi connectivity index (χ1v) is 9.78. The first-order valence-electron chi connectivity index (χ1n) is 8.30. The molecule has 2 aliphatic rings. The van der Waals surface area contributed by atoms with Gasteiger partial charge in [0, 0.05) is 38.3 Å². The maximum Gasteiger partial charge on any atom is 0.279 e. The van der Waals surface area contributed by atoms with Crippen LogP contribution in [0.2, 0.25) is 0 Å². The molecule has 1 saturated heterocycles. The number of hydrogen-bond donors (Lipinski definition) is 1. The molecule has 0 aromatic carbocycles. The van der Waals surface area contributed by atoms with Gasteiger partial charge in [-0.15, -0.1) is 0 Å². The summed E-state index contributed by atoms with van der Waals surface area (Å²) in [6.07, 6.45) is 7.70. The van der Waals surface area contributed by atoms with Gasteiger partial charge in [0.25, 0.3) is 10.0 Å². The molecule has 0 radical (unpaired) electrons. The lowest BCUT2D eigenvalue weighted by molar-refractivity contribution is 0.581. The van der Waals surface area contributed by atoms with Gasteiger partial charge >= 0.3 is 0 Å². The third-order valence-corrected chi connectivity index (χ3v) is 6.04. The minimum atomic E-state index is -3.70. The monoisotopic (exact) mass is 347 g/mol. The second-order valence-electron chi connectivity index (χ2n) is 6.50. The fourth-order valence-electron chi connectivity index (χ4n) is 3.20. The summed E-state index contributed by atoms with van der Waals surface area (Å²) in [5, 5.41) is 4.55. The number of pyridine rings is 1. The second-order valence-corrected chi connectivity index (χ2v) is 8.13. The Morgan fingerprint density at radius 2 is 2.00 bits per heavy atom. The van der Waals surface area contributed by atoms with E-state index in [1.165, 1.54) is 4.68 Å². The Morgan fingerprint density at radius 3 is 2.71 bits per heavy atom.